The van der Waals surface area contributed by atoms with E-state index in [0.29, 0.717) is 24.7 Å². The maximum atomic E-state index is 12.5. The lowest BCUT2D eigenvalue weighted by Gasteiger charge is -2.32. The normalized spacial score (nSPS) is 24.7. The van der Waals surface area contributed by atoms with Crippen molar-refractivity contribution in [3.8, 4) is 0 Å². The van der Waals surface area contributed by atoms with Crippen molar-refractivity contribution < 1.29 is 9.59 Å². The molecule has 2 aliphatic heterocycles. The summed E-state index contributed by atoms with van der Waals surface area (Å²) in [5, 5.41) is 13.1. The van der Waals surface area contributed by atoms with Gasteiger partial charge in [-0.25, -0.2) is 0 Å². The number of nitrogens with zero attached hydrogens (tertiary/aromatic N) is 2. The highest BCUT2D eigenvalue weighted by Crippen LogP contribution is 2.18. The van der Waals surface area contributed by atoms with Gasteiger partial charge in [-0.3, -0.25) is 14.7 Å². The highest BCUT2D eigenvalue weighted by molar-refractivity contribution is 5.92. The Bertz CT molecular complexity index is 565. The molecule has 1 aromatic rings. The van der Waals surface area contributed by atoms with Crippen LogP contribution in [0.15, 0.2) is 6.07 Å². The van der Waals surface area contributed by atoms with Gasteiger partial charge in [-0.2, -0.15) is 5.10 Å². The molecule has 126 valence electrons. The van der Waals surface area contributed by atoms with E-state index in [1.54, 1.807) is 6.07 Å². The minimum absolute atomic E-state index is 0.0252. The zero-order valence-corrected chi connectivity index (χ0v) is 13.6. The van der Waals surface area contributed by atoms with E-state index >= 15 is 0 Å². The monoisotopic (exact) mass is 319 g/mol. The lowest BCUT2D eigenvalue weighted by molar-refractivity contribution is -0.123. The van der Waals surface area contributed by atoms with E-state index in [-0.39, 0.29) is 17.9 Å². The summed E-state index contributed by atoms with van der Waals surface area (Å²) in [5.41, 5.74) is 1.36. The Balaban J connectivity index is 1.49. The summed E-state index contributed by atoms with van der Waals surface area (Å²) in [5.74, 6) is 0.384. The van der Waals surface area contributed by atoms with Crippen molar-refractivity contribution in [1.82, 2.24) is 25.7 Å². The minimum Gasteiger partial charge on any atom is -0.354 e. The molecule has 23 heavy (non-hydrogen) atoms. The van der Waals surface area contributed by atoms with E-state index < -0.39 is 0 Å². The van der Waals surface area contributed by atoms with E-state index in [9.17, 15) is 9.59 Å². The average Bonchev–Trinajstić information content (AvgIpc) is 3.24. The smallest absolute Gasteiger partial charge is 0.274 e. The molecule has 2 atom stereocenters. The number of likely N-dealkylation sites (tertiary alicyclic amines) is 1. The van der Waals surface area contributed by atoms with Crippen LogP contribution in [-0.2, 0) is 4.79 Å². The van der Waals surface area contributed by atoms with Crippen LogP contribution < -0.4 is 10.6 Å². The van der Waals surface area contributed by atoms with Crippen LogP contribution in [0.3, 0.4) is 0 Å². The Morgan fingerprint density at radius 3 is 2.96 bits per heavy atom. The SMILES string of the molecule is Cc1cc(C(=O)N2CCCC(CNC(=O)C3CCCN3)C2)n[nH]1. The molecule has 7 nitrogen and oxygen atoms in total. The Hall–Kier alpha value is -1.89. The largest absolute Gasteiger partial charge is 0.354 e. The molecule has 2 saturated heterocycles. The van der Waals surface area contributed by atoms with Gasteiger partial charge in [0, 0.05) is 25.3 Å². The molecule has 3 rings (SSSR count). The summed E-state index contributed by atoms with van der Waals surface area (Å²) in [4.78, 5) is 26.4. The van der Waals surface area contributed by atoms with Gasteiger partial charge in [0.05, 0.1) is 6.04 Å². The fourth-order valence-electron chi connectivity index (χ4n) is 3.38. The zero-order chi connectivity index (χ0) is 16.2. The van der Waals surface area contributed by atoms with Crippen LogP contribution in [-0.4, -0.2) is 59.1 Å². The first-order valence-electron chi connectivity index (χ1n) is 8.46. The number of aryl methyl sites for hydroxylation is 1. The molecule has 2 fully saturated rings. The standard InChI is InChI=1S/C16H25N5O2/c1-11-8-14(20-19-11)16(23)21-7-3-4-12(10-21)9-18-15(22)13-5-2-6-17-13/h8,12-13,17H,2-7,9-10H2,1H3,(H,18,22)(H,19,20). The lowest BCUT2D eigenvalue weighted by Crippen LogP contribution is -2.46. The number of amides is 2. The maximum Gasteiger partial charge on any atom is 0.274 e. The third-order valence-electron chi connectivity index (χ3n) is 4.67. The maximum absolute atomic E-state index is 12.5. The van der Waals surface area contributed by atoms with Gasteiger partial charge < -0.3 is 15.5 Å². The second-order valence-electron chi connectivity index (χ2n) is 6.59. The number of nitrogens with one attached hydrogen (secondary N) is 3. The van der Waals surface area contributed by atoms with Gasteiger partial charge in [0.2, 0.25) is 5.91 Å². The minimum atomic E-state index is -0.0386. The molecule has 0 aromatic carbocycles. The molecule has 3 N–H and O–H groups in total. The van der Waals surface area contributed by atoms with Crippen molar-refractivity contribution in [2.45, 2.75) is 38.6 Å². The van der Waals surface area contributed by atoms with Gasteiger partial charge in [0.25, 0.3) is 5.91 Å². The Morgan fingerprint density at radius 1 is 1.39 bits per heavy atom. The predicted octanol–water partition coefficient (Wildman–Crippen LogP) is 0.439. The zero-order valence-electron chi connectivity index (χ0n) is 13.6. The van der Waals surface area contributed by atoms with Crippen molar-refractivity contribution in [3.63, 3.8) is 0 Å². The van der Waals surface area contributed by atoms with E-state index in [1.807, 2.05) is 11.8 Å². The second-order valence-corrected chi connectivity index (χ2v) is 6.59. The molecule has 2 aliphatic rings. The van der Waals surface area contributed by atoms with Gasteiger partial charge in [-0.05, 0) is 51.1 Å². The van der Waals surface area contributed by atoms with Crippen LogP contribution in [0, 0.1) is 12.8 Å². The van der Waals surface area contributed by atoms with Crippen molar-refractivity contribution in [2.75, 3.05) is 26.2 Å². The van der Waals surface area contributed by atoms with E-state index in [4.69, 9.17) is 0 Å². The van der Waals surface area contributed by atoms with Crippen molar-refractivity contribution in [1.29, 1.82) is 0 Å². The molecule has 0 bridgehead atoms. The van der Waals surface area contributed by atoms with Crippen LogP contribution in [0.25, 0.3) is 0 Å². The highest BCUT2D eigenvalue weighted by Gasteiger charge is 2.27. The first kappa shape index (κ1) is 16.0. The average molecular weight is 319 g/mol. The topological polar surface area (TPSA) is 90.1 Å². The number of hydrogen-bond donors (Lipinski definition) is 3. The number of carbonyl (C=O) groups is 2. The van der Waals surface area contributed by atoms with Crippen LogP contribution >= 0.6 is 0 Å². The molecule has 2 unspecified atom stereocenters. The van der Waals surface area contributed by atoms with Crippen molar-refractivity contribution >= 4 is 11.8 Å². The molecule has 7 heteroatoms. The molecule has 0 spiro atoms. The Kier molecular flexibility index (Phi) is 4.95. The van der Waals surface area contributed by atoms with Crippen LogP contribution in [0.5, 0.6) is 0 Å². The third-order valence-corrected chi connectivity index (χ3v) is 4.67. The number of rotatable bonds is 4. The summed E-state index contributed by atoms with van der Waals surface area (Å²) in [6.45, 7) is 4.89. The number of carbonyl (C=O) groups excluding carboxylic acids is 2. The molecule has 0 radical (unpaired) electrons. The fraction of sp³-hybridized carbons (Fsp3) is 0.688. The van der Waals surface area contributed by atoms with Gasteiger partial charge >= 0.3 is 0 Å². The Morgan fingerprint density at radius 2 is 2.26 bits per heavy atom. The van der Waals surface area contributed by atoms with Crippen LogP contribution in [0.2, 0.25) is 0 Å². The molecule has 3 heterocycles. The first-order valence-corrected chi connectivity index (χ1v) is 8.46. The summed E-state index contributed by atoms with van der Waals surface area (Å²) in [6.07, 6.45) is 3.99. The predicted molar refractivity (Wildman–Crippen MR) is 86.0 cm³/mol. The third kappa shape index (κ3) is 3.90. The van der Waals surface area contributed by atoms with Gasteiger partial charge in [-0.15, -0.1) is 0 Å². The van der Waals surface area contributed by atoms with Gasteiger partial charge in [0.1, 0.15) is 5.69 Å². The molecular weight excluding hydrogens is 294 g/mol. The molecule has 0 aliphatic carbocycles. The molecule has 1 aromatic heterocycles. The van der Waals surface area contributed by atoms with Crippen LogP contribution in [0.4, 0.5) is 0 Å². The second kappa shape index (κ2) is 7.12. The first-order chi connectivity index (χ1) is 11.1. The summed E-state index contributed by atoms with van der Waals surface area (Å²) in [6, 6.07) is 1.74. The van der Waals surface area contributed by atoms with Crippen LogP contribution in [0.1, 0.15) is 41.9 Å². The quantitative estimate of drug-likeness (QED) is 0.751. The number of piperidine rings is 1. The summed E-state index contributed by atoms with van der Waals surface area (Å²) < 4.78 is 0. The Labute approximate surface area is 136 Å². The van der Waals surface area contributed by atoms with E-state index in [2.05, 4.69) is 20.8 Å². The summed E-state index contributed by atoms with van der Waals surface area (Å²) in [7, 11) is 0. The fourth-order valence-corrected chi connectivity index (χ4v) is 3.38. The van der Waals surface area contributed by atoms with Crippen molar-refractivity contribution in [2.24, 2.45) is 5.92 Å². The molecule has 2 amide bonds. The van der Waals surface area contributed by atoms with E-state index in [0.717, 1.165) is 44.5 Å². The summed E-state index contributed by atoms with van der Waals surface area (Å²) >= 11 is 0. The van der Waals surface area contributed by atoms with Crippen molar-refractivity contribution in [3.05, 3.63) is 17.5 Å². The van der Waals surface area contributed by atoms with Gasteiger partial charge in [-0.1, -0.05) is 0 Å². The van der Waals surface area contributed by atoms with E-state index in [1.165, 1.54) is 0 Å². The number of aromatic nitrogens is 2. The number of H-pyrrole nitrogens is 1. The number of hydrogen-bond acceptors (Lipinski definition) is 4. The highest BCUT2D eigenvalue weighted by atomic mass is 16.2. The molecule has 0 saturated carbocycles. The molecular formula is C16H25N5O2. The van der Waals surface area contributed by atoms with Gasteiger partial charge in [0.15, 0.2) is 0 Å². The lowest BCUT2D eigenvalue weighted by atomic mass is 9.97. The number of aromatic amines is 1.